The smallest absolute Gasteiger partial charge is 0.253 e. The highest BCUT2D eigenvalue weighted by Gasteiger charge is 2.07. The number of rotatable bonds is 4. The van der Waals surface area contributed by atoms with Crippen molar-refractivity contribution in [2.75, 3.05) is 6.54 Å². The van der Waals surface area contributed by atoms with Crippen LogP contribution in [-0.4, -0.2) is 28.6 Å². The number of nitrogens with zero attached hydrogens (tertiary/aromatic N) is 1. The van der Waals surface area contributed by atoms with Crippen LogP contribution in [0.3, 0.4) is 0 Å². The van der Waals surface area contributed by atoms with Crippen LogP contribution in [0.5, 0.6) is 5.75 Å². The monoisotopic (exact) mass is 209 g/mol. The van der Waals surface area contributed by atoms with Gasteiger partial charge in [0.25, 0.3) is 5.91 Å². The van der Waals surface area contributed by atoms with Gasteiger partial charge >= 0.3 is 0 Å². The van der Waals surface area contributed by atoms with Gasteiger partial charge in [-0.1, -0.05) is 6.92 Å². The Morgan fingerprint density at radius 3 is 3.00 bits per heavy atom. The average Bonchev–Trinajstić information content (AvgIpc) is 2.25. The van der Waals surface area contributed by atoms with Gasteiger partial charge in [0.1, 0.15) is 5.75 Å². The molecular weight excluding hydrogens is 194 g/mol. The van der Waals surface area contributed by atoms with Crippen LogP contribution in [0.2, 0.25) is 0 Å². The minimum Gasteiger partial charge on any atom is -0.506 e. The van der Waals surface area contributed by atoms with Crippen LogP contribution >= 0.6 is 0 Å². The molecule has 0 aliphatic rings. The summed E-state index contributed by atoms with van der Waals surface area (Å²) in [5.41, 5.74) is 5.98. The molecule has 1 unspecified atom stereocenters. The summed E-state index contributed by atoms with van der Waals surface area (Å²) in [6, 6.07) is 1.32. The van der Waals surface area contributed by atoms with Gasteiger partial charge in [-0.2, -0.15) is 0 Å². The fraction of sp³-hybridized carbons (Fsp3) is 0.400. The van der Waals surface area contributed by atoms with Crippen LogP contribution in [-0.2, 0) is 0 Å². The van der Waals surface area contributed by atoms with E-state index in [4.69, 9.17) is 10.8 Å². The van der Waals surface area contributed by atoms with Crippen LogP contribution in [0.4, 0.5) is 0 Å². The molecule has 4 N–H and O–H groups in total. The van der Waals surface area contributed by atoms with E-state index < -0.39 is 0 Å². The predicted octanol–water partition coefficient (Wildman–Crippen LogP) is 0.254. The number of aromatic hydroxyl groups is 1. The number of hydrogen-bond donors (Lipinski definition) is 3. The van der Waals surface area contributed by atoms with E-state index in [0.29, 0.717) is 12.1 Å². The summed E-state index contributed by atoms with van der Waals surface area (Å²) >= 11 is 0. The van der Waals surface area contributed by atoms with E-state index in [-0.39, 0.29) is 17.7 Å². The van der Waals surface area contributed by atoms with Gasteiger partial charge in [-0.25, -0.2) is 0 Å². The Kier molecular flexibility index (Phi) is 4.05. The average molecular weight is 209 g/mol. The molecule has 1 aromatic rings. The maximum atomic E-state index is 11.5. The molecule has 0 radical (unpaired) electrons. The van der Waals surface area contributed by atoms with Crippen molar-refractivity contribution in [2.24, 2.45) is 5.73 Å². The van der Waals surface area contributed by atoms with E-state index in [0.717, 1.165) is 6.42 Å². The highest BCUT2D eigenvalue weighted by Crippen LogP contribution is 2.07. The van der Waals surface area contributed by atoms with Crippen molar-refractivity contribution in [2.45, 2.75) is 19.4 Å². The number of carbonyl (C=O) groups excluding carboxylic acids is 1. The van der Waals surface area contributed by atoms with Crippen LogP contribution in [0.15, 0.2) is 18.5 Å². The Bertz CT molecular complexity index is 341. The molecule has 1 rings (SSSR count). The summed E-state index contributed by atoms with van der Waals surface area (Å²) in [6.07, 6.45) is 3.47. The van der Waals surface area contributed by atoms with Gasteiger partial charge in [0.05, 0.1) is 11.8 Å². The van der Waals surface area contributed by atoms with Crippen LogP contribution in [0, 0.1) is 0 Å². The zero-order valence-corrected chi connectivity index (χ0v) is 8.60. The molecule has 0 aliphatic carbocycles. The van der Waals surface area contributed by atoms with Gasteiger partial charge in [-0.15, -0.1) is 0 Å². The molecule has 0 saturated heterocycles. The van der Waals surface area contributed by atoms with Gasteiger partial charge < -0.3 is 16.2 Å². The van der Waals surface area contributed by atoms with E-state index in [1.54, 1.807) is 0 Å². The summed E-state index contributed by atoms with van der Waals surface area (Å²) in [5, 5.41) is 11.8. The first-order valence-corrected chi connectivity index (χ1v) is 4.81. The number of aromatic nitrogens is 1. The second-order valence-electron chi connectivity index (χ2n) is 3.31. The fourth-order valence-electron chi connectivity index (χ4n) is 1.02. The zero-order chi connectivity index (χ0) is 11.3. The summed E-state index contributed by atoms with van der Waals surface area (Å²) in [4.78, 5) is 15.2. The Labute approximate surface area is 88.3 Å². The quantitative estimate of drug-likeness (QED) is 0.663. The Hall–Kier alpha value is -1.62. The normalized spacial score (nSPS) is 12.1. The number of carbonyl (C=O) groups is 1. The molecule has 1 aromatic heterocycles. The summed E-state index contributed by atoms with van der Waals surface area (Å²) in [7, 11) is 0. The second-order valence-corrected chi connectivity index (χ2v) is 3.31. The van der Waals surface area contributed by atoms with Gasteiger partial charge in [0.15, 0.2) is 0 Å². The lowest BCUT2D eigenvalue weighted by Gasteiger charge is -2.09. The number of nitrogens with two attached hydrogens (primary N) is 1. The van der Waals surface area contributed by atoms with Gasteiger partial charge in [-0.05, 0) is 12.5 Å². The SMILES string of the molecule is CCC(N)CNC(=O)c1cncc(O)c1. The molecule has 0 bridgehead atoms. The minimum absolute atomic E-state index is 0.0255. The van der Waals surface area contributed by atoms with Crippen molar-refractivity contribution < 1.29 is 9.90 Å². The number of nitrogens with one attached hydrogen (secondary N) is 1. The van der Waals surface area contributed by atoms with Crippen molar-refractivity contribution in [1.29, 1.82) is 0 Å². The Morgan fingerprint density at radius 1 is 1.67 bits per heavy atom. The summed E-state index contributed by atoms with van der Waals surface area (Å²) < 4.78 is 0. The largest absolute Gasteiger partial charge is 0.506 e. The van der Waals surface area contributed by atoms with Crippen LogP contribution in [0.1, 0.15) is 23.7 Å². The first-order chi connectivity index (χ1) is 7.13. The zero-order valence-electron chi connectivity index (χ0n) is 8.60. The maximum absolute atomic E-state index is 11.5. The molecule has 1 amide bonds. The number of pyridine rings is 1. The molecule has 0 saturated carbocycles. The predicted molar refractivity (Wildman–Crippen MR) is 56.5 cm³/mol. The number of hydrogen-bond acceptors (Lipinski definition) is 4. The van der Waals surface area contributed by atoms with Gasteiger partial charge in [0.2, 0.25) is 0 Å². The van der Waals surface area contributed by atoms with Crippen molar-refractivity contribution in [3.8, 4) is 5.75 Å². The molecule has 0 aromatic carbocycles. The third kappa shape index (κ3) is 3.55. The van der Waals surface area contributed by atoms with E-state index in [9.17, 15) is 4.79 Å². The van der Waals surface area contributed by atoms with Gasteiger partial charge in [0, 0.05) is 18.8 Å². The first kappa shape index (κ1) is 11.5. The molecular formula is C10H15N3O2. The lowest BCUT2D eigenvalue weighted by atomic mass is 10.2. The van der Waals surface area contributed by atoms with Crippen molar-refractivity contribution in [1.82, 2.24) is 10.3 Å². The van der Waals surface area contributed by atoms with Crippen molar-refractivity contribution in [3.05, 3.63) is 24.0 Å². The Morgan fingerprint density at radius 2 is 2.40 bits per heavy atom. The minimum atomic E-state index is -0.276. The van der Waals surface area contributed by atoms with Crippen LogP contribution in [0.25, 0.3) is 0 Å². The lowest BCUT2D eigenvalue weighted by Crippen LogP contribution is -2.36. The Balaban J connectivity index is 2.54. The third-order valence-electron chi connectivity index (χ3n) is 2.04. The maximum Gasteiger partial charge on any atom is 0.253 e. The third-order valence-corrected chi connectivity index (χ3v) is 2.04. The topological polar surface area (TPSA) is 88.2 Å². The molecule has 0 spiro atoms. The van der Waals surface area contributed by atoms with Crippen molar-refractivity contribution >= 4 is 5.91 Å². The second kappa shape index (κ2) is 5.31. The molecule has 1 atom stereocenters. The van der Waals surface area contributed by atoms with Gasteiger partial charge in [-0.3, -0.25) is 9.78 Å². The van der Waals surface area contributed by atoms with Crippen LogP contribution < -0.4 is 11.1 Å². The molecule has 5 heteroatoms. The fourth-order valence-corrected chi connectivity index (χ4v) is 1.02. The standard InChI is InChI=1S/C10H15N3O2/c1-2-8(11)5-13-10(15)7-3-9(14)6-12-4-7/h3-4,6,8,14H,2,5,11H2,1H3,(H,13,15). The van der Waals surface area contributed by atoms with E-state index >= 15 is 0 Å². The first-order valence-electron chi connectivity index (χ1n) is 4.81. The van der Waals surface area contributed by atoms with E-state index in [1.165, 1.54) is 18.5 Å². The van der Waals surface area contributed by atoms with E-state index in [2.05, 4.69) is 10.3 Å². The van der Waals surface area contributed by atoms with E-state index in [1.807, 2.05) is 6.92 Å². The highest BCUT2D eigenvalue weighted by atomic mass is 16.3. The molecule has 82 valence electrons. The van der Waals surface area contributed by atoms with Crippen molar-refractivity contribution in [3.63, 3.8) is 0 Å². The highest BCUT2D eigenvalue weighted by molar-refractivity contribution is 5.94. The summed E-state index contributed by atoms with van der Waals surface area (Å²) in [5.74, 6) is -0.301. The molecule has 5 nitrogen and oxygen atoms in total. The lowest BCUT2D eigenvalue weighted by molar-refractivity contribution is 0.0950. The molecule has 0 aliphatic heterocycles. The molecule has 15 heavy (non-hydrogen) atoms. The molecule has 1 heterocycles. The number of amides is 1. The summed E-state index contributed by atoms with van der Waals surface area (Å²) in [6.45, 7) is 2.37. The molecule has 0 fully saturated rings.